The second kappa shape index (κ2) is 6.21. The van der Waals surface area contributed by atoms with Crippen LogP contribution >= 0.6 is 0 Å². The van der Waals surface area contributed by atoms with E-state index in [1.807, 2.05) is 19.2 Å². The van der Waals surface area contributed by atoms with E-state index in [9.17, 15) is 5.11 Å². The third kappa shape index (κ3) is 3.09. The first-order valence-electron chi connectivity index (χ1n) is 7.02. The lowest BCUT2D eigenvalue weighted by molar-refractivity contribution is 0.218. The molecule has 0 aliphatic carbocycles. The number of aryl methyl sites for hydroxylation is 3. The first kappa shape index (κ1) is 14.8. The van der Waals surface area contributed by atoms with Gasteiger partial charge in [-0.2, -0.15) is 0 Å². The lowest BCUT2D eigenvalue weighted by Gasteiger charge is -2.18. The van der Waals surface area contributed by atoms with Gasteiger partial charge in [-0.15, -0.1) is 0 Å². The molecule has 0 aromatic heterocycles. The Hall–Kier alpha value is -1.64. The highest BCUT2D eigenvalue weighted by atomic mass is 16.3. The standard InChI is InChI=1S/C18H23NO/c1-12-9-13(2)17(14(3)10-12)18(20)16-7-5-15(6-8-16)11-19-4/h5-10,18-20H,11H2,1-4H3. The van der Waals surface area contributed by atoms with Gasteiger partial charge in [0.05, 0.1) is 0 Å². The fourth-order valence-corrected chi connectivity index (χ4v) is 2.81. The van der Waals surface area contributed by atoms with Gasteiger partial charge in [0.25, 0.3) is 0 Å². The summed E-state index contributed by atoms with van der Waals surface area (Å²) in [5.41, 5.74) is 6.72. The Morgan fingerprint density at radius 2 is 1.55 bits per heavy atom. The zero-order valence-electron chi connectivity index (χ0n) is 12.7. The molecule has 2 N–H and O–H groups in total. The van der Waals surface area contributed by atoms with Gasteiger partial charge in [0, 0.05) is 6.54 Å². The van der Waals surface area contributed by atoms with Crippen molar-refractivity contribution in [3.8, 4) is 0 Å². The van der Waals surface area contributed by atoms with Gasteiger partial charge < -0.3 is 10.4 Å². The number of hydrogen-bond acceptors (Lipinski definition) is 2. The Morgan fingerprint density at radius 1 is 1.00 bits per heavy atom. The van der Waals surface area contributed by atoms with Crippen LogP contribution in [-0.2, 0) is 6.54 Å². The molecule has 2 heteroatoms. The average Bonchev–Trinajstić information content (AvgIpc) is 2.38. The highest BCUT2D eigenvalue weighted by Crippen LogP contribution is 2.28. The van der Waals surface area contributed by atoms with Crippen LogP contribution in [0, 0.1) is 20.8 Å². The Morgan fingerprint density at radius 3 is 2.05 bits per heavy atom. The molecule has 0 bridgehead atoms. The number of benzene rings is 2. The summed E-state index contributed by atoms with van der Waals surface area (Å²) < 4.78 is 0. The van der Waals surface area contributed by atoms with Gasteiger partial charge in [0.2, 0.25) is 0 Å². The number of aliphatic hydroxyl groups excluding tert-OH is 1. The van der Waals surface area contributed by atoms with Gasteiger partial charge >= 0.3 is 0 Å². The molecule has 2 aromatic rings. The SMILES string of the molecule is CNCc1ccc(C(O)c2c(C)cc(C)cc2C)cc1. The zero-order chi connectivity index (χ0) is 14.7. The van der Waals surface area contributed by atoms with E-state index in [2.05, 4.69) is 50.4 Å². The minimum absolute atomic E-state index is 0.556. The Balaban J connectivity index is 2.33. The second-order valence-corrected chi connectivity index (χ2v) is 5.49. The molecule has 0 heterocycles. The molecule has 0 fully saturated rings. The summed E-state index contributed by atoms with van der Waals surface area (Å²) in [4.78, 5) is 0. The Bertz CT molecular complexity index is 564. The van der Waals surface area contributed by atoms with Crippen molar-refractivity contribution in [2.45, 2.75) is 33.4 Å². The molecule has 0 spiro atoms. The van der Waals surface area contributed by atoms with Crippen molar-refractivity contribution >= 4 is 0 Å². The van der Waals surface area contributed by atoms with Crippen LogP contribution in [0.15, 0.2) is 36.4 Å². The van der Waals surface area contributed by atoms with Crippen LogP contribution in [0.2, 0.25) is 0 Å². The van der Waals surface area contributed by atoms with Crippen LogP contribution in [0.4, 0.5) is 0 Å². The van der Waals surface area contributed by atoms with E-state index in [0.717, 1.165) is 28.8 Å². The fraction of sp³-hybridized carbons (Fsp3) is 0.333. The van der Waals surface area contributed by atoms with Crippen molar-refractivity contribution < 1.29 is 5.11 Å². The molecule has 0 saturated carbocycles. The molecule has 106 valence electrons. The van der Waals surface area contributed by atoms with E-state index < -0.39 is 6.10 Å². The molecule has 2 aromatic carbocycles. The fourth-order valence-electron chi connectivity index (χ4n) is 2.81. The average molecular weight is 269 g/mol. The summed E-state index contributed by atoms with van der Waals surface area (Å²) in [5, 5.41) is 13.8. The van der Waals surface area contributed by atoms with Crippen molar-refractivity contribution in [3.63, 3.8) is 0 Å². The monoisotopic (exact) mass is 269 g/mol. The molecule has 2 nitrogen and oxygen atoms in total. The van der Waals surface area contributed by atoms with Gasteiger partial charge in [-0.05, 0) is 55.6 Å². The van der Waals surface area contributed by atoms with Gasteiger partial charge in [-0.1, -0.05) is 42.0 Å². The molecule has 1 unspecified atom stereocenters. The molecule has 0 aliphatic heterocycles. The predicted molar refractivity (Wildman–Crippen MR) is 83.9 cm³/mol. The first-order valence-corrected chi connectivity index (χ1v) is 7.02. The maximum absolute atomic E-state index is 10.6. The molecule has 0 aliphatic rings. The molecule has 0 radical (unpaired) electrons. The van der Waals surface area contributed by atoms with E-state index in [-0.39, 0.29) is 0 Å². The van der Waals surface area contributed by atoms with Crippen LogP contribution < -0.4 is 5.32 Å². The van der Waals surface area contributed by atoms with Crippen molar-refractivity contribution in [1.82, 2.24) is 5.32 Å². The van der Waals surface area contributed by atoms with Gasteiger partial charge in [0.15, 0.2) is 0 Å². The normalized spacial score (nSPS) is 12.4. The Labute approximate surface area is 121 Å². The van der Waals surface area contributed by atoms with Crippen LogP contribution in [-0.4, -0.2) is 12.2 Å². The highest BCUT2D eigenvalue weighted by molar-refractivity contribution is 5.43. The first-order chi connectivity index (χ1) is 9.52. The van der Waals surface area contributed by atoms with Gasteiger partial charge in [-0.3, -0.25) is 0 Å². The van der Waals surface area contributed by atoms with E-state index in [4.69, 9.17) is 0 Å². The van der Waals surface area contributed by atoms with Crippen LogP contribution in [0.1, 0.15) is 39.5 Å². The number of hydrogen-bond donors (Lipinski definition) is 2. The lowest BCUT2D eigenvalue weighted by atomic mass is 9.91. The van der Waals surface area contributed by atoms with Gasteiger partial charge in [-0.25, -0.2) is 0 Å². The number of nitrogens with one attached hydrogen (secondary N) is 1. The minimum Gasteiger partial charge on any atom is -0.384 e. The molecule has 1 atom stereocenters. The van der Waals surface area contributed by atoms with Gasteiger partial charge in [0.1, 0.15) is 6.10 Å². The number of rotatable bonds is 4. The summed E-state index contributed by atoms with van der Waals surface area (Å²) in [6, 6.07) is 12.4. The second-order valence-electron chi connectivity index (χ2n) is 5.49. The summed E-state index contributed by atoms with van der Waals surface area (Å²) in [6.07, 6.45) is -0.556. The quantitative estimate of drug-likeness (QED) is 0.891. The minimum atomic E-state index is -0.556. The van der Waals surface area contributed by atoms with Crippen molar-refractivity contribution in [3.05, 3.63) is 69.8 Å². The summed E-state index contributed by atoms with van der Waals surface area (Å²) in [6.45, 7) is 7.06. The zero-order valence-corrected chi connectivity index (χ0v) is 12.7. The van der Waals surface area contributed by atoms with Crippen molar-refractivity contribution in [2.24, 2.45) is 0 Å². The predicted octanol–water partition coefficient (Wildman–Crippen LogP) is 3.41. The summed E-state index contributed by atoms with van der Waals surface area (Å²) >= 11 is 0. The topological polar surface area (TPSA) is 32.3 Å². The van der Waals surface area contributed by atoms with E-state index in [0.29, 0.717) is 0 Å². The van der Waals surface area contributed by atoms with E-state index >= 15 is 0 Å². The highest BCUT2D eigenvalue weighted by Gasteiger charge is 2.15. The van der Waals surface area contributed by atoms with Crippen LogP contribution in [0.3, 0.4) is 0 Å². The largest absolute Gasteiger partial charge is 0.384 e. The molecular formula is C18H23NO. The summed E-state index contributed by atoms with van der Waals surface area (Å²) in [7, 11) is 1.93. The molecule has 20 heavy (non-hydrogen) atoms. The third-order valence-corrected chi connectivity index (χ3v) is 3.69. The maximum Gasteiger partial charge on any atom is 0.105 e. The Kier molecular flexibility index (Phi) is 4.58. The molecule has 0 saturated heterocycles. The summed E-state index contributed by atoms with van der Waals surface area (Å²) in [5.74, 6) is 0. The molecule has 0 amide bonds. The number of aliphatic hydroxyl groups is 1. The molecular weight excluding hydrogens is 246 g/mol. The third-order valence-electron chi connectivity index (χ3n) is 3.69. The maximum atomic E-state index is 10.6. The van der Waals surface area contributed by atoms with E-state index in [1.54, 1.807) is 0 Å². The van der Waals surface area contributed by atoms with E-state index in [1.165, 1.54) is 11.1 Å². The molecule has 2 rings (SSSR count). The lowest BCUT2D eigenvalue weighted by Crippen LogP contribution is -2.07. The van der Waals surface area contributed by atoms with Crippen LogP contribution in [0.25, 0.3) is 0 Å². The van der Waals surface area contributed by atoms with Crippen molar-refractivity contribution in [1.29, 1.82) is 0 Å². The van der Waals surface area contributed by atoms with Crippen LogP contribution in [0.5, 0.6) is 0 Å². The van der Waals surface area contributed by atoms with Crippen molar-refractivity contribution in [2.75, 3.05) is 7.05 Å². The smallest absolute Gasteiger partial charge is 0.105 e.